The average molecular weight is 346 g/mol. The Hall–Kier alpha value is -2.88. The van der Waals surface area contributed by atoms with Crippen LogP contribution in [0.5, 0.6) is 0 Å². The molecule has 4 heteroatoms. The monoisotopic (exact) mass is 346 g/mol. The van der Waals surface area contributed by atoms with Gasteiger partial charge >= 0.3 is 0 Å². The summed E-state index contributed by atoms with van der Waals surface area (Å²) < 4.78 is 5.70. The number of hydrogen-bond donors (Lipinski definition) is 1. The Morgan fingerprint density at radius 1 is 1.15 bits per heavy atom. The molecule has 1 aromatic heterocycles. The minimum Gasteiger partial charge on any atom is -0.355 e. The Morgan fingerprint density at radius 2 is 1.92 bits per heavy atom. The summed E-state index contributed by atoms with van der Waals surface area (Å²) >= 11 is 0. The third kappa shape index (κ3) is 2.92. The molecule has 4 nitrogen and oxygen atoms in total. The first-order valence-corrected chi connectivity index (χ1v) is 9.15. The topological polar surface area (TPSA) is 55.1 Å². The number of benzene rings is 2. The lowest BCUT2D eigenvalue weighted by molar-refractivity contribution is -0.119. The molecule has 1 N–H and O–H groups in total. The van der Waals surface area contributed by atoms with Gasteiger partial charge in [-0.1, -0.05) is 43.3 Å². The van der Waals surface area contributed by atoms with Crippen LogP contribution in [0, 0.1) is 5.92 Å². The minimum atomic E-state index is 0.0102. The molecule has 1 heterocycles. The lowest BCUT2D eigenvalue weighted by Crippen LogP contribution is -2.19. The summed E-state index contributed by atoms with van der Waals surface area (Å²) in [7, 11) is 0. The lowest BCUT2D eigenvalue weighted by Gasteiger charge is -2.14. The van der Waals surface area contributed by atoms with Gasteiger partial charge in [0.15, 0.2) is 5.76 Å². The van der Waals surface area contributed by atoms with Crippen LogP contribution in [0.2, 0.25) is 0 Å². The second-order valence-corrected chi connectivity index (χ2v) is 6.87. The Morgan fingerprint density at radius 3 is 2.69 bits per heavy atom. The number of rotatable bonds is 4. The highest BCUT2D eigenvalue weighted by Gasteiger charge is 2.24. The predicted octanol–water partition coefficient (Wildman–Crippen LogP) is 5.09. The van der Waals surface area contributed by atoms with Crippen LogP contribution < -0.4 is 5.32 Å². The summed E-state index contributed by atoms with van der Waals surface area (Å²) in [6.07, 6.45) is 2.76. The first-order chi connectivity index (χ1) is 12.7. The predicted molar refractivity (Wildman–Crippen MR) is 103 cm³/mol. The molecule has 1 amide bonds. The zero-order valence-corrected chi connectivity index (χ0v) is 15.1. The van der Waals surface area contributed by atoms with Gasteiger partial charge in [-0.05, 0) is 49.1 Å². The van der Waals surface area contributed by atoms with Crippen molar-refractivity contribution in [1.82, 2.24) is 5.16 Å². The van der Waals surface area contributed by atoms with E-state index >= 15 is 0 Å². The number of nitrogens with one attached hydrogen (secondary N) is 1. The summed E-state index contributed by atoms with van der Waals surface area (Å²) in [5, 5.41) is 7.29. The van der Waals surface area contributed by atoms with Crippen molar-refractivity contribution in [3.05, 3.63) is 59.7 Å². The third-order valence-electron chi connectivity index (χ3n) is 5.18. The van der Waals surface area contributed by atoms with Gasteiger partial charge in [0.2, 0.25) is 5.91 Å². The molecule has 26 heavy (non-hydrogen) atoms. The maximum Gasteiger partial charge on any atom is 0.227 e. The summed E-state index contributed by atoms with van der Waals surface area (Å²) in [4.78, 5) is 12.0. The van der Waals surface area contributed by atoms with E-state index in [1.165, 1.54) is 16.7 Å². The molecule has 0 aliphatic heterocycles. The summed E-state index contributed by atoms with van der Waals surface area (Å²) in [5.74, 6) is 0.888. The highest BCUT2D eigenvalue weighted by Crippen LogP contribution is 2.38. The van der Waals surface area contributed by atoms with Crippen LogP contribution in [0.25, 0.3) is 22.6 Å². The standard InChI is InChI=1S/C22H22N2O2/c1-3-14(2)22(25)23-17-11-8-16(9-12-17)21-19-13-10-15-6-4-5-7-18(15)20(19)24-26-21/h4-9,11-12,14H,3,10,13H2,1-2H3,(H,23,25). The number of fused-ring (bicyclic) bond motifs is 3. The van der Waals surface area contributed by atoms with E-state index in [2.05, 4.69) is 28.7 Å². The van der Waals surface area contributed by atoms with Crippen molar-refractivity contribution >= 4 is 11.6 Å². The van der Waals surface area contributed by atoms with Gasteiger partial charge in [0.1, 0.15) is 5.69 Å². The van der Waals surface area contributed by atoms with E-state index in [4.69, 9.17) is 4.52 Å². The third-order valence-corrected chi connectivity index (χ3v) is 5.18. The van der Waals surface area contributed by atoms with Crippen molar-refractivity contribution in [2.45, 2.75) is 33.1 Å². The van der Waals surface area contributed by atoms with E-state index in [1.54, 1.807) is 0 Å². The molecule has 0 spiro atoms. The van der Waals surface area contributed by atoms with Gasteiger partial charge in [-0.15, -0.1) is 0 Å². The Bertz CT molecular complexity index is 941. The highest BCUT2D eigenvalue weighted by atomic mass is 16.5. The number of carbonyl (C=O) groups is 1. The molecule has 1 atom stereocenters. The fourth-order valence-corrected chi connectivity index (χ4v) is 3.36. The number of amides is 1. The van der Waals surface area contributed by atoms with Crippen molar-refractivity contribution in [3.8, 4) is 22.6 Å². The van der Waals surface area contributed by atoms with Crippen LogP contribution in [0.4, 0.5) is 5.69 Å². The van der Waals surface area contributed by atoms with Crippen molar-refractivity contribution in [2.75, 3.05) is 5.32 Å². The Kier molecular flexibility index (Phi) is 4.33. The van der Waals surface area contributed by atoms with Crippen LogP contribution in [0.1, 0.15) is 31.4 Å². The zero-order chi connectivity index (χ0) is 18.1. The van der Waals surface area contributed by atoms with E-state index in [0.717, 1.165) is 42.0 Å². The molecule has 0 fully saturated rings. The molecule has 0 saturated carbocycles. The molecule has 4 rings (SSSR count). The zero-order valence-electron chi connectivity index (χ0n) is 15.1. The fraction of sp³-hybridized carbons (Fsp3) is 0.273. The maximum atomic E-state index is 12.0. The lowest BCUT2D eigenvalue weighted by atomic mass is 9.88. The van der Waals surface area contributed by atoms with Crippen molar-refractivity contribution in [3.63, 3.8) is 0 Å². The summed E-state index contributed by atoms with van der Waals surface area (Å²) in [5.41, 5.74) is 6.40. The van der Waals surface area contributed by atoms with Crippen molar-refractivity contribution in [1.29, 1.82) is 0 Å². The van der Waals surface area contributed by atoms with Gasteiger partial charge < -0.3 is 9.84 Å². The molecule has 0 bridgehead atoms. The van der Waals surface area contributed by atoms with Crippen LogP contribution in [-0.2, 0) is 17.6 Å². The van der Waals surface area contributed by atoms with Gasteiger partial charge in [0, 0.05) is 28.3 Å². The smallest absolute Gasteiger partial charge is 0.227 e. The van der Waals surface area contributed by atoms with Gasteiger partial charge in [0.25, 0.3) is 0 Å². The van der Waals surface area contributed by atoms with Gasteiger partial charge in [-0.2, -0.15) is 0 Å². The summed E-state index contributed by atoms with van der Waals surface area (Å²) in [6.45, 7) is 3.95. The number of hydrogen-bond acceptors (Lipinski definition) is 3. The largest absolute Gasteiger partial charge is 0.355 e. The quantitative estimate of drug-likeness (QED) is 0.716. The SMILES string of the molecule is CCC(C)C(=O)Nc1ccc(-c2onc3c2CCc2ccccc2-3)cc1. The normalized spacial score (nSPS) is 13.6. The van der Waals surface area contributed by atoms with E-state index < -0.39 is 0 Å². The molecule has 1 aliphatic rings. The number of aromatic nitrogens is 1. The Balaban J connectivity index is 1.60. The number of aryl methyl sites for hydroxylation is 1. The van der Waals surface area contributed by atoms with Crippen LogP contribution >= 0.6 is 0 Å². The van der Waals surface area contributed by atoms with E-state index in [9.17, 15) is 4.79 Å². The maximum absolute atomic E-state index is 12.0. The van der Waals surface area contributed by atoms with Gasteiger partial charge in [-0.3, -0.25) is 4.79 Å². The van der Waals surface area contributed by atoms with Crippen LogP contribution in [0.15, 0.2) is 53.1 Å². The van der Waals surface area contributed by atoms with Gasteiger partial charge in [-0.25, -0.2) is 0 Å². The van der Waals surface area contributed by atoms with Crippen LogP contribution in [-0.4, -0.2) is 11.1 Å². The van der Waals surface area contributed by atoms with E-state index in [1.807, 2.05) is 44.2 Å². The second kappa shape index (κ2) is 6.79. The molecule has 3 aromatic rings. The molecule has 132 valence electrons. The second-order valence-electron chi connectivity index (χ2n) is 6.87. The molecular weight excluding hydrogens is 324 g/mol. The highest BCUT2D eigenvalue weighted by molar-refractivity contribution is 5.92. The molecular formula is C22H22N2O2. The number of nitrogens with zero attached hydrogens (tertiary/aromatic N) is 1. The molecule has 0 radical (unpaired) electrons. The molecule has 2 aromatic carbocycles. The van der Waals surface area contributed by atoms with Crippen molar-refractivity contribution < 1.29 is 9.32 Å². The van der Waals surface area contributed by atoms with Crippen molar-refractivity contribution in [2.24, 2.45) is 5.92 Å². The first-order valence-electron chi connectivity index (χ1n) is 9.15. The molecule has 1 aliphatic carbocycles. The molecule has 0 saturated heterocycles. The Labute approximate surface area is 153 Å². The number of anilines is 1. The van der Waals surface area contributed by atoms with Crippen LogP contribution in [0.3, 0.4) is 0 Å². The fourth-order valence-electron chi connectivity index (χ4n) is 3.36. The van der Waals surface area contributed by atoms with Gasteiger partial charge in [0.05, 0.1) is 0 Å². The first kappa shape index (κ1) is 16.6. The average Bonchev–Trinajstić information content (AvgIpc) is 3.12. The number of carbonyl (C=O) groups excluding carboxylic acids is 1. The summed E-state index contributed by atoms with van der Waals surface area (Å²) in [6, 6.07) is 16.2. The van der Waals surface area contributed by atoms with E-state index in [0.29, 0.717) is 0 Å². The minimum absolute atomic E-state index is 0.0102. The van der Waals surface area contributed by atoms with E-state index in [-0.39, 0.29) is 11.8 Å². The molecule has 1 unspecified atom stereocenters.